The van der Waals surface area contributed by atoms with E-state index < -0.39 is 4.92 Å². The number of nitrogens with two attached hydrogens (primary N) is 1. The highest BCUT2D eigenvalue weighted by molar-refractivity contribution is 8.13. The first-order valence-electron chi connectivity index (χ1n) is 9.96. The maximum Gasteiger partial charge on any atom is 0.293 e. The van der Waals surface area contributed by atoms with Crippen LogP contribution in [0.3, 0.4) is 0 Å². The van der Waals surface area contributed by atoms with E-state index in [2.05, 4.69) is 0 Å². The first kappa shape index (κ1) is 30.2. The monoisotopic (exact) mass is 567 g/mol. The molecule has 0 aliphatic carbocycles. The Kier molecular flexibility index (Phi) is 12.9. The molecule has 0 saturated heterocycles. The third-order valence-corrected chi connectivity index (χ3v) is 6.55. The van der Waals surface area contributed by atoms with E-state index in [1.54, 1.807) is 29.2 Å². The number of nitro groups is 1. The number of benzene rings is 2. The molecule has 2 rings (SSSR count). The van der Waals surface area contributed by atoms with Gasteiger partial charge in [0, 0.05) is 23.9 Å². The summed E-state index contributed by atoms with van der Waals surface area (Å²) in [6.45, 7) is 7.91. The second-order valence-electron chi connectivity index (χ2n) is 7.30. The summed E-state index contributed by atoms with van der Waals surface area (Å²) in [5.41, 5.74) is 5.25. The summed E-state index contributed by atoms with van der Waals surface area (Å²) >= 11 is 23.8. The molecule has 0 bridgehead atoms. The minimum atomic E-state index is -0.590. The molecule has 2 aromatic rings. The summed E-state index contributed by atoms with van der Waals surface area (Å²) in [5, 5.41) is 11.0. The number of hydrogen-bond acceptors (Lipinski definition) is 6. The minimum Gasteiger partial charge on any atom is -0.456 e. The van der Waals surface area contributed by atoms with Crippen molar-refractivity contribution in [2.24, 2.45) is 0 Å². The molecule has 0 aromatic heterocycles. The van der Waals surface area contributed by atoms with Crippen LogP contribution in [0.5, 0.6) is 11.5 Å². The highest BCUT2D eigenvalue weighted by Crippen LogP contribution is 2.38. The fraction of sp³-hybridized carbons (Fsp3) is 0.318. The number of halogens is 4. The van der Waals surface area contributed by atoms with Crippen molar-refractivity contribution < 1.29 is 14.5 Å². The van der Waals surface area contributed by atoms with Crippen LogP contribution in [0.1, 0.15) is 27.7 Å². The summed E-state index contributed by atoms with van der Waals surface area (Å²) in [6.07, 6.45) is 0. The fourth-order valence-electron chi connectivity index (χ4n) is 2.69. The van der Waals surface area contributed by atoms with E-state index in [0.29, 0.717) is 16.5 Å². The van der Waals surface area contributed by atoms with Crippen molar-refractivity contribution in [1.82, 2.24) is 4.90 Å². The number of nitrogens with zero attached hydrogens (tertiary/aromatic N) is 2. The van der Waals surface area contributed by atoms with Gasteiger partial charge in [0.25, 0.3) is 10.9 Å². The molecule has 0 fully saturated rings. The van der Waals surface area contributed by atoms with E-state index in [0.717, 1.165) is 11.8 Å². The lowest BCUT2D eigenvalue weighted by Crippen LogP contribution is -2.39. The number of amides is 1. The molecule has 0 aliphatic heterocycles. The fourth-order valence-corrected chi connectivity index (χ4v) is 4.31. The van der Waals surface area contributed by atoms with Crippen LogP contribution >= 0.6 is 58.2 Å². The van der Waals surface area contributed by atoms with Crippen LogP contribution in [-0.2, 0) is 0 Å². The Morgan fingerprint density at radius 2 is 1.65 bits per heavy atom. The van der Waals surface area contributed by atoms with Crippen molar-refractivity contribution in [2.75, 3.05) is 11.5 Å². The molecule has 34 heavy (non-hydrogen) atoms. The standard InChI is InChI=1S/C12H9ClN2O3.C10H16Cl3NOS/c13-11-10(18-8-4-2-1-3-5-8)7-6-9(12(11)14)15(16)17;1-6(2)14(7(3)4)10(15)16-5-8(11)9(12)13/h1-7H,14H2;6-7H,5H2,1-4H3. The first-order valence-corrected chi connectivity index (χ1v) is 12.5. The molecule has 0 spiro atoms. The van der Waals surface area contributed by atoms with E-state index in [4.69, 9.17) is 56.9 Å². The van der Waals surface area contributed by atoms with Gasteiger partial charge in [-0.1, -0.05) is 76.4 Å². The van der Waals surface area contributed by atoms with Gasteiger partial charge in [-0.15, -0.1) is 0 Å². The van der Waals surface area contributed by atoms with Crippen molar-refractivity contribution >= 4 is 74.8 Å². The number of hydrogen-bond donors (Lipinski definition) is 1. The Bertz CT molecular complexity index is 1010. The van der Waals surface area contributed by atoms with Crippen LogP contribution < -0.4 is 10.5 Å². The van der Waals surface area contributed by atoms with Gasteiger partial charge in [-0.25, -0.2) is 0 Å². The Hall–Kier alpha value is -1.84. The molecule has 0 unspecified atom stereocenters. The van der Waals surface area contributed by atoms with Gasteiger partial charge in [0.2, 0.25) is 0 Å². The molecule has 1 amide bonds. The van der Waals surface area contributed by atoms with Crippen LogP contribution in [-0.4, -0.2) is 32.9 Å². The third-order valence-electron chi connectivity index (χ3n) is 4.14. The summed E-state index contributed by atoms with van der Waals surface area (Å²) in [6, 6.07) is 11.9. The van der Waals surface area contributed by atoms with Crippen LogP contribution in [0.2, 0.25) is 5.02 Å². The van der Waals surface area contributed by atoms with E-state index in [-0.39, 0.29) is 44.0 Å². The number of nitrogen functional groups attached to an aromatic ring is 1. The van der Waals surface area contributed by atoms with Gasteiger partial charge in [0.1, 0.15) is 26.7 Å². The van der Waals surface area contributed by atoms with E-state index in [1.165, 1.54) is 12.1 Å². The average molecular weight is 569 g/mol. The normalized spacial score (nSPS) is 10.4. The molecule has 2 N–H and O–H groups in total. The quantitative estimate of drug-likeness (QED) is 0.204. The number of anilines is 1. The van der Waals surface area contributed by atoms with Gasteiger partial charge in [-0.3, -0.25) is 14.9 Å². The molecule has 12 heteroatoms. The number of rotatable bonds is 7. The van der Waals surface area contributed by atoms with Crippen LogP contribution in [0.25, 0.3) is 0 Å². The largest absolute Gasteiger partial charge is 0.456 e. The SMILES string of the molecule is CC(C)N(C(=O)SCC(Cl)=C(Cl)Cl)C(C)C.Nc1c([N+](=O)[O-])ccc(Oc2ccccc2)c1Cl. The number of carbonyl (C=O) groups excluding carboxylic acids is 1. The van der Waals surface area contributed by atoms with Crippen LogP contribution in [0, 0.1) is 10.1 Å². The van der Waals surface area contributed by atoms with Crippen molar-refractivity contribution in [3.63, 3.8) is 0 Å². The van der Waals surface area contributed by atoms with E-state index in [9.17, 15) is 14.9 Å². The number of nitro benzene ring substituents is 1. The van der Waals surface area contributed by atoms with E-state index >= 15 is 0 Å². The molecule has 2 aromatic carbocycles. The zero-order valence-electron chi connectivity index (χ0n) is 18.9. The zero-order chi connectivity index (χ0) is 26.0. The van der Waals surface area contributed by atoms with E-state index in [1.807, 2.05) is 33.8 Å². The molecule has 0 heterocycles. The predicted octanol–water partition coefficient (Wildman–Crippen LogP) is 8.47. The average Bonchev–Trinajstić information content (AvgIpc) is 2.75. The maximum absolute atomic E-state index is 11.9. The topological polar surface area (TPSA) is 98.7 Å². The molecule has 0 atom stereocenters. The minimum absolute atomic E-state index is 0.0160. The lowest BCUT2D eigenvalue weighted by molar-refractivity contribution is -0.383. The van der Waals surface area contributed by atoms with Gasteiger partial charge in [-0.05, 0) is 45.9 Å². The highest BCUT2D eigenvalue weighted by atomic mass is 35.5. The smallest absolute Gasteiger partial charge is 0.293 e. The Labute approximate surface area is 223 Å². The number of para-hydroxylation sites is 1. The first-order chi connectivity index (χ1) is 15.9. The van der Waals surface area contributed by atoms with Crippen LogP contribution in [0.4, 0.5) is 16.2 Å². The Morgan fingerprint density at radius 1 is 1.09 bits per heavy atom. The van der Waals surface area contributed by atoms with Gasteiger partial charge in [0.15, 0.2) is 0 Å². The van der Waals surface area contributed by atoms with Crippen LogP contribution in [0.15, 0.2) is 52.0 Å². The van der Waals surface area contributed by atoms with Gasteiger partial charge < -0.3 is 15.4 Å². The number of carbonyl (C=O) groups is 1. The third kappa shape index (κ3) is 9.43. The molecule has 186 valence electrons. The molecular formula is C22H25Cl4N3O4S. The summed E-state index contributed by atoms with van der Waals surface area (Å²) in [7, 11) is 0. The zero-order valence-corrected chi connectivity index (χ0v) is 22.8. The summed E-state index contributed by atoms with van der Waals surface area (Å²) < 4.78 is 5.51. The second kappa shape index (κ2) is 14.5. The second-order valence-corrected chi connectivity index (χ2v) is 10.0. The molecular weight excluding hydrogens is 544 g/mol. The lowest BCUT2D eigenvalue weighted by Gasteiger charge is -2.30. The Morgan fingerprint density at radius 3 is 2.12 bits per heavy atom. The Balaban J connectivity index is 0.000000344. The molecule has 0 aliphatic rings. The highest BCUT2D eigenvalue weighted by Gasteiger charge is 2.21. The summed E-state index contributed by atoms with van der Waals surface area (Å²) in [4.78, 5) is 23.7. The van der Waals surface area contributed by atoms with Gasteiger partial charge >= 0.3 is 0 Å². The predicted molar refractivity (Wildman–Crippen MR) is 144 cm³/mol. The molecule has 0 saturated carbocycles. The summed E-state index contributed by atoms with van der Waals surface area (Å²) in [5.74, 6) is 1.16. The molecule has 7 nitrogen and oxygen atoms in total. The van der Waals surface area contributed by atoms with Crippen molar-refractivity contribution in [3.05, 3.63) is 67.1 Å². The molecule has 0 radical (unpaired) electrons. The van der Waals surface area contributed by atoms with Crippen molar-refractivity contribution in [1.29, 1.82) is 0 Å². The maximum atomic E-state index is 11.9. The number of ether oxygens (including phenoxy) is 1. The lowest BCUT2D eigenvalue weighted by atomic mass is 10.2. The van der Waals surface area contributed by atoms with Crippen molar-refractivity contribution in [2.45, 2.75) is 39.8 Å². The van der Waals surface area contributed by atoms with Gasteiger partial charge in [-0.2, -0.15) is 0 Å². The van der Waals surface area contributed by atoms with Crippen molar-refractivity contribution in [3.8, 4) is 11.5 Å². The van der Waals surface area contributed by atoms with Gasteiger partial charge in [0.05, 0.1) is 9.96 Å². The number of thioether (sulfide) groups is 1.